The molecule has 100 valence electrons. The second-order valence-electron chi connectivity index (χ2n) is 5.45. The topological polar surface area (TPSA) is 49.5 Å². The Labute approximate surface area is 110 Å². The van der Waals surface area contributed by atoms with Crippen LogP contribution >= 0.6 is 0 Å². The number of aliphatic hydroxyl groups excluding tert-OH is 1. The Kier molecular flexibility index (Phi) is 4.25. The van der Waals surface area contributed by atoms with E-state index in [1.807, 2.05) is 13.8 Å². The van der Waals surface area contributed by atoms with Crippen molar-refractivity contribution in [3.63, 3.8) is 0 Å². The molecule has 2 unspecified atom stereocenters. The average molecular weight is 248 g/mol. The lowest BCUT2D eigenvalue weighted by Gasteiger charge is -2.34. The van der Waals surface area contributed by atoms with Crippen molar-refractivity contribution in [2.24, 2.45) is 11.7 Å². The molecule has 2 atom stereocenters. The van der Waals surface area contributed by atoms with E-state index in [0.29, 0.717) is 5.92 Å². The minimum absolute atomic E-state index is 0.0972. The summed E-state index contributed by atoms with van der Waals surface area (Å²) in [5, 5.41) is 9.60. The predicted molar refractivity (Wildman–Crippen MR) is 75.7 cm³/mol. The van der Waals surface area contributed by atoms with Gasteiger partial charge in [-0.2, -0.15) is 0 Å². The first-order chi connectivity index (χ1) is 8.58. The van der Waals surface area contributed by atoms with Crippen LogP contribution in [-0.4, -0.2) is 24.3 Å². The molecule has 0 amide bonds. The summed E-state index contributed by atoms with van der Waals surface area (Å²) in [5.74, 6) is 0.463. The first-order valence-corrected chi connectivity index (χ1v) is 6.86. The van der Waals surface area contributed by atoms with Gasteiger partial charge in [0.1, 0.15) is 0 Å². The number of hydrogen-bond donors (Lipinski definition) is 2. The molecule has 1 aliphatic rings. The highest BCUT2D eigenvalue weighted by molar-refractivity contribution is 5.48. The molecule has 1 aromatic carbocycles. The minimum atomic E-state index is -0.174. The lowest BCUT2D eigenvalue weighted by atomic mass is 9.92. The summed E-state index contributed by atoms with van der Waals surface area (Å²) in [4.78, 5) is 2.39. The number of nitrogens with zero attached hydrogens (tertiary/aromatic N) is 1. The van der Waals surface area contributed by atoms with Crippen molar-refractivity contribution in [2.75, 3.05) is 18.0 Å². The molecule has 1 saturated heterocycles. The van der Waals surface area contributed by atoms with Crippen molar-refractivity contribution in [2.45, 2.75) is 38.8 Å². The molecule has 1 fully saturated rings. The molecule has 1 heterocycles. The fourth-order valence-electron chi connectivity index (χ4n) is 2.63. The van der Waals surface area contributed by atoms with Crippen LogP contribution in [-0.2, 0) is 0 Å². The Balaban J connectivity index is 1.97. The summed E-state index contributed by atoms with van der Waals surface area (Å²) in [5.41, 5.74) is 8.30. The van der Waals surface area contributed by atoms with Crippen LogP contribution in [0.1, 0.15) is 38.3 Å². The van der Waals surface area contributed by atoms with Crippen molar-refractivity contribution in [3.05, 3.63) is 29.8 Å². The van der Waals surface area contributed by atoms with Crippen molar-refractivity contribution < 1.29 is 5.11 Å². The normalized spacial score (nSPS) is 20.8. The van der Waals surface area contributed by atoms with Crippen LogP contribution < -0.4 is 10.6 Å². The van der Waals surface area contributed by atoms with E-state index < -0.39 is 0 Å². The molecule has 18 heavy (non-hydrogen) atoms. The second kappa shape index (κ2) is 5.72. The van der Waals surface area contributed by atoms with Gasteiger partial charge in [-0.3, -0.25) is 0 Å². The monoisotopic (exact) mass is 248 g/mol. The molecule has 0 aromatic heterocycles. The Morgan fingerprint density at radius 2 is 1.72 bits per heavy atom. The largest absolute Gasteiger partial charge is 0.393 e. The molecule has 0 spiro atoms. The fraction of sp³-hybridized carbons (Fsp3) is 0.600. The molecular formula is C15H24N2O. The maximum Gasteiger partial charge on any atom is 0.0541 e. The zero-order valence-corrected chi connectivity index (χ0v) is 11.3. The van der Waals surface area contributed by atoms with Crippen molar-refractivity contribution >= 4 is 5.69 Å². The molecule has 1 aliphatic heterocycles. The van der Waals surface area contributed by atoms with E-state index in [0.717, 1.165) is 25.9 Å². The van der Waals surface area contributed by atoms with Crippen molar-refractivity contribution in [3.8, 4) is 0 Å². The maximum atomic E-state index is 9.60. The summed E-state index contributed by atoms with van der Waals surface area (Å²) in [6.45, 7) is 5.97. The fourth-order valence-corrected chi connectivity index (χ4v) is 2.63. The Bertz CT molecular complexity index is 365. The maximum absolute atomic E-state index is 9.60. The molecule has 3 nitrogen and oxygen atoms in total. The molecule has 3 N–H and O–H groups in total. The molecule has 1 aromatic rings. The van der Waals surface area contributed by atoms with Crippen molar-refractivity contribution in [1.82, 2.24) is 0 Å². The number of aliphatic hydroxyl groups is 1. The molecule has 0 radical (unpaired) electrons. The van der Waals surface area contributed by atoms with Gasteiger partial charge >= 0.3 is 0 Å². The summed E-state index contributed by atoms with van der Waals surface area (Å²) in [6, 6.07) is 8.63. The molecule has 0 bridgehead atoms. The highest BCUT2D eigenvalue weighted by atomic mass is 16.3. The molecular weight excluding hydrogens is 224 g/mol. The summed E-state index contributed by atoms with van der Waals surface area (Å²) in [7, 11) is 0. The first-order valence-electron chi connectivity index (χ1n) is 6.86. The molecule has 2 rings (SSSR count). The van der Waals surface area contributed by atoms with Crippen LogP contribution in [0.25, 0.3) is 0 Å². The highest BCUT2D eigenvalue weighted by Gasteiger charge is 2.22. The van der Waals surface area contributed by atoms with Crippen LogP contribution in [0.2, 0.25) is 0 Å². The van der Waals surface area contributed by atoms with Gasteiger partial charge < -0.3 is 15.7 Å². The standard InChI is InChI=1S/C15H24N2O/c1-11(16)13-3-5-15(6-4-13)17-9-7-14(8-10-17)12(2)18/h3-6,11-12,14,18H,7-10,16H2,1-2H3. The third-order valence-electron chi connectivity index (χ3n) is 4.01. The van der Waals surface area contributed by atoms with E-state index in [-0.39, 0.29) is 12.1 Å². The van der Waals surface area contributed by atoms with Gasteiger partial charge in [-0.05, 0) is 50.3 Å². The molecule has 0 saturated carbocycles. The van der Waals surface area contributed by atoms with E-state index in [1.165, 1.54) is 11.3 Å². The predicted octanol–water partition coefficient (Wildman–Crippen LogP) is 2.30. The quantitative estimate of drug-likeness (QED) is 0.863. The SMILES string of the molecule is CC(N)c1ccc(N2CCC(C(C)O)CC2)cc1. The number of piperidine rings is 1. The molecule has 0 aliphatic carbocycles. The first kappa shape index (κ1) is 13.4. The zero-order chi connectivity index (χ0) is 13.1. The van der Waals surface area contributed by atoms with Gasteiger partial charge in [-0.15, -0.1) is 0 Å². The lowest BCUT2D eigenvalue weighted by Crippen LogP contribution is -2.37. The third kappa shape index (κ3) is 3.03. The number of benzene rings is 1. The highest BCUT2D eigenvalue weighted by Crippen LogP contribution is 2.26. The van der Waals surface area contributed by atoms with E-state index >= 15 is 0 Å². The lowest BCUT2D eigenvalue weighted by molar-refractivity contribution is 0.110. The van der Waals surface area contributed by atoms with Gasteiger partial charge in [0, 0.05) is 24.8 Å². The number of hydrogen-bond acceptors (Lipinski definition) is 3. The van der Waals surface area contributed by atoms with Crippen LogP contribution in [0.3, 0.4) is 0 Å². The second-order valence-corrected chi connectivity index (χ2v) is 5.45. The van der Waals surface area contributed by atoms with E-state index in [9.17, 15) is 5.11 Å². The number of rotatable bonds is 3. The number of anilines is 1. The summed E-state index contributed by atoms with van der Waals surface area (Å²) >= 11 is 0. The van der Waals surface area contributed by atoms with E-state index in [1.54, 1.807) is 0 Å². The summed E-state index contributed by atoms with van der Waals surface area (Å²) in [6.07, 6.45) is 1.98. The van der Waals surface area contributed by atoms with Gasteiger partial charge in [0.2, 0.25) is 0 Å². The average Bonchev–Trinajstić information content (AvgIpc) is 2.39. The van der Waals surface area contributed by atoms with Crippen LogP contribution in [0.4, 0.5) is 5.69 Å². The van der Waals surface area contributed by atoms with Crippen LogP contribution in [0, 0.1) is 5.92 Å². The number of nitrogens with two attached hydrogens (primary N) is 1. The van der Waals surface area contributed by atoms with Crippen LogP contribution in [0.15, 0.2) is 24.3 Å². The van der Waals surface area contributed by atoms with Crippen LogP contribution in [0.5, 0.6) is 0 Å². The van der Waals surface area contributed by atoms with Gasteiger partial charge in [-0.25, -0.2) is 0 Å². The van der Waals surface area contributed by atoms with Crippen molar-refractivity contribution in [1.29, 1.82) is 0 Å². The van der Waals surface area contributed by atoms with Gasteiger partial charge in [0.15, 0.2) is 0 Å². The van der Waals surface area contributed by atoms with Gasteiger partial charge in [0.05, 0.1) is 6.10 Å². The van der Waals surface area contributed by atoms with Gasteiger partial charge in [-0.1, -0.05) is 12.1 Å². The Hall–Kier alpha value is -1.06. The smallest absolute Gasteiger partial charge is 0.0541 e. The summed E-state index contributed by atoms with van der Waals surface area (Å²) < 4.78 is 0. The van der Waals surface area contributed by atoms with Gasteiger partial charge in [0.25, 0.3) is 0 Å². The third-order valence-corrected chi connectivity index (χ3v) is 4.01. The Morgan fingerprint density at radius 3 is 2.17 bits per heavy atom. The molecule has 3 heteroatoms. The van der Waals surface area contributed by atoms with E-state index in [2.05, 4.69) is 29.2 Å². The zero-order valence-electron chi connectivity index (χ0n) is 11.3. The Morgan fingerprint density at radius 1 is 1.17 bits per heavy atom. The minimum Gasteiger partial charge on any atom is -0.393 e. The van der Waals surface area contributed by atoms with E-state index in [4.69, 9.17) is 5.73 Å².